The van der Waals surface area contributed by atoms with Crippen molar-refractivity contribution in [3.63, 3.8) is 0 Å². The van der Waals surface area contributed by atoms with Crippen LogP contribution in [0.2, 0.25) is 5.02 Å². The van der Waals surface area contributed by atoms with Crippen molar-refractivity contribution in [2.45, 2.75) is 13.3 Å². The molecule has 2 rings (SSSR count). The summed E-state index contributed by atoms with van der Waals surface area (Å²) >= 11 is 5.86. The third-order valence-corrected chi connectivity index (χ3v) is 2.53. The lowest BCUT2D eigenvalue weighted by Crippen LogP contribution is -2.25. The Hall–Kier alpha value is -1.02. The van der Waals surface area contributed by atoms with Crippen LogP contribution in [0.4, 0.5) is 5.69 Å². The molecule has 1 amide bonds. The molecular formula is C10H10ClNO. The van der Waals surface area contributed by atoms with Crippen molar-refractivity contribution in [3.05, 3.63) is 28.8 Å². The molecule has 2 nitrogen and oxygen atoms in total. The molecule has 0 saturated carbocycles. The van der Waals surface area contributed by atoms with Crippen molar-refractivity contribution >= 4 is 23.2 Å². The Morgan fingerprint density at radius 2 is 2.31 bits per heavy atom. The van der Waals surface area contributed by atoms with Crippen molar-refractivity contribution in [1.82, 2.24) is 0 Å². The van der Waals surface area contributed by atoms with E-state index in [2.05, 4.69) is 0 Å². The molecule has 0 fully saturated rings. The van der Waals surface area contributed by atoms with Gasteiger partial charge in [-0.2, -0.15) is 0 Å². The molecule has 0 saturated heterocycles. The lowest BCUT2D eigenvalue weighted by Gasteiger charge is -2.14. The summed E-state index contributed by atoms with van der Waals surface area (Å²) in [5.41, 5.74) is 2.05. The molecule has 0 bridgehead atoms. The van der Waals surface area contributed by atoms with Crippen molar-refractivity contribution < 1.29 is 4.79 Å². The first-order valence-electron chi connectivity index (χ1n) is 4.31. The molecule has 0 spiro atoms. The molecule has 1 heterocycles. The number of benzene rings is 1. The number of carbonyl (C=O) groups excluding carboxylic acids is 1. The minimum Gasteiger partial charge on any atom is -0.312 e. The van der Waals surface area contributed by atoms with Gasteiger partial charge in [0.15, 0.2) is 0 Å². The first-order valence-corrected chi connectivity index (χ1v) is 4.69. The van der Waals surface area contributed by atoms with Gasteiger partial charge in [-0.25, -0.2) is 0 Å². The lowest BCUT2D eigenvalue weighted by atomic mass is 10.2. The fraction of sp³-hybridized carbons (Fsp3) is 0.300. The van der Waals surface area contributed by atoms with Gasteiger partial charge in [-0.15, -0.1) is 0 Å². The monoisotopic (exact) mass is 195 g/mol. The van der Waals surface area contributed by atoms with Crippen LogP contribution in [0.15, 0.2) is 18.2 Å². The van der Waals surface area contributed by atoms with E-state index in [1.807, 2.05) is 25.1 Å². The number of likely N-dealkylation sites (N-methyl/N-ethyl adjacent to an activating group) is 1. The van der Waals surface area contributed by atoms with E-state index in [0.717, 1.165) is 11.3 Å². The molecule has 0 aliphatic carbocycles. The SMILES string of the molecule is CCN1C(=O)Cc2ccc(Cl)cc21. The average molecular weight is 196 g/mol. The molecule has 1 aromatic rings. The van der Waals surface area contributed by atoms with E-state index < -0.39 is 0 Å². The van der Waals surface area contributed by atoms with Crippen LogP contribution in [-0.2, 0) is 11.2 Å². The molecule has 0 unspecified atom stereocenters. The summed E-state index contributed by atoms with van der Waals surface area (Å²) in [4.78, 5) is 13.2. The Morgan fingerprint density at radius 3 is 3.00 bits per heavy atom. The van der Waals surface area contributed by atoms with Gasteiger partial charge >= 0.3 is 0 Å². The highest BCUT2D eigenvalue weighted by Gasteiger charge is 2.25. The number of anilines is 1. The van der Waals surface area contributed by atoms with Crippen LogP contribution < -0.4 is 4.90 Å². The molecule has 0 aromatic heterocycles. The minimum atomic E-state index is 0.166. The van der Waals surface area contributed by atoms with E-state index in [1.165, 1.54) is 0 Å². The van der Waals surface area contributed by atoms with Crippen LogP contribution in [0.1, 0.15) is 12.5 Å². The second kappa shape index (κ2) is 3.04. The normalized spacial score (nSPS) is 14.9. The van der Waals surface area contributed by atoms with Gasteiger partial charge in [0.05, 0.1) is 6.42 Å². The van der Waals surface area contributed by atoms with Crippen LogP contribution in [-0.4, -0.2) is 12.5 Å². The third kappa shape index (κ3) is 1.31. The summed E-state index contributed by atoms with van der Waals surface area (Å²) in [7, 11) is 0. The Balaban J connectivity index is 2.50. The molecule has 1 aliphatic heterocycles. The molecule has 0 N–H and O–H groups in total. The summed E-state index contributed by atoms with van der Waals surface area (Å²) in [6.07, 6.45) is 0.514. The molecule has 1 aliphatic rings. The van der Waals surface area contributed by atoms with E-state index in [9.17, 15) is 4.79 Å². The average Bonchev–Trinajstić information content (AvgIpc) is 2.40. The van der Waals surface area contributed by atoms with Crippen LogP contribution in [0.3, 0.4) is 0 Å². The number of fused-ring (bicyclic) bond motifs is 1. The number of hydrogen-bond acceptors (Lipinski definition) is 1. The smallest absolute Gasteiger partial charge is 0.231 e. The number of hydrogen-bond donors (Lipinski definition) is 0. The van der Waals surface area contributed by atoms with Crippen molar-refractivity contribution in [2.24, 2.45) is 0 Å². The highest BCUT2D eigenvalue weighted by Crippen LogP contribution is 2.30. The van der Waals surface area contributed by atoms with Gasteiger partial charge in [0, 0.05) is 17.3 Å². The highest BCUT2D eigenvalue weighted by atomic mass is 35.5. The lowest BCUT2D eigenvalue weighted by molar-refractivity contribution is -0.117. The molecular weight excluding hydrogens is 186 g/mol. The van der Waals surface area contributed by atoms with Gasteiger partial charge in [0.25, 0.3) is 0 Å². The fourth-order valence-corrected chi connectivity index (χ4v) is 1.84. The first-order chi connectivity index (χ1) is 6.22. The van der Waals surface area contributed by atoms with Gasteiger partial charge in [-0.05, 0) is 24.6 Å². The maximum atomic E-state index is 11.5. The number of carbonyl (C=O) groups is 1. The number of halogens is 1. The van der Waals surface area contributed by atoms with E-state index in [0.29, 0.717) is 18.0 Å². The second-order valence-electron chi connectivity index (χ2n) is 3.09. The van der Waals surface area contributed by atoms with Crippen molar-refractivity contribution in [1.29, 1.82) is 0 Å². The van der Waals surface area contributed by atoms with Crippen molar-refractivity contribution in [2.75, 3.05) is 11.4 Å². The zero-order chi connectivity index (χ0) is 9.42. The Morgan fingerprint density at radius 1 is 1.54 bits per heavy atom. The van der Waals surface area contributed by atoms with E-state index in [4.69, 9.17) is 11.6 Å². The van der Waals surface area contributed by atoms with Gasteiger partial charge in [-0.3, -0.25) is 4.79 Å². The molecule has 0 radical (unpaired) electrons. The summed E-state index contributed by atoms with van der Waals surface area (Å²) in [6, 6.07) is 5.60. The van der Waals surface area contributed by atoms with Crippen LogP contribution >= 0.6 is 11.6 Å². The molecule has 1 aromatic carbocycles. The number of rotatable bonds is 1. The van der Waals surface area contributed by atoms with Gasteiger partial charge < -0.3 is 4.90 Å². The van der Waals surface area contributed by atoms with Crippen LogP contribution in [0.25, 0.3) is 0 Å². The second-order valence-corrected chi connectivity index (χ2v) is 3.52. The van der Waals surface area contributed by atoms with Gasteiger partial charge in [-0.1, -0.05) is 17.7 Å². The van der Waals surface area contributed by atoms with Crippen LogP contribution in [0, 0.1) is 0 Å². The predicted octanol–water partition coefficient (Wildman–Crippen LogP) is 2.25. The van der Waals surface area contributed by atoms with Gasteiger partial charge in [0.1, 0.15) is 0 Å². The Labute approximate surface area is 82.1 Å². The summed E-state index contributed by atoms with van der Waals surface area (Å²) in [6.45, 7) is 2.68. The van der Waals surface area contributed by atoms with Crippen molar-refractivity contribution in [3.8, 4) is 0 Å². The van der Waals surface area contributed by atoms with Gasteiger partial charge in [0.2, 0.25) is 5.91 Å². The molecule has 0 atom stereocenters. The Bertz CT molecular complexity index is 362. The predicted molar refractivity (Wildman–Crippen MR) is 53.2 cm³/mol. The summed E-state index contributed by atoms with van der Waals surface area (Å²) < 4.78 is 0. The zero-order valence-electron chi connectivity index (χ0n) is 7.38. The standard InChI is InChI=1S/C10H10ClNO/c1-2-12-9-6-8(11)4-3-7(9)5-10(12)13/h3-4,6H,2,5H2,1H3. The molecule has 68 valence electrons. The van der Waals surface area contributed by atoms with Crippen LogP contribution in [0.5, 0.6) is 0 Å². The fourth-order valence-electron chi connectivity index (χ4n) is 1.68. The number of nitrogens with zero attached hydrogens (tertiary/aromatic N) is 1. The van der Waals surface area contributed by atoms with E-state index in [1.54, 1.807) is 4.90 Å². The molecule has 3 heteroatoms. The van der Waals surface area contributed by atoms with E-state index in [-0.39, 0.29) is 5.91 Å². The third-order valence-electron chi connectivity index (χ3n) is 2.30. The first kappa shape index (κ1) is 8.57. The van der Waals surface area contributed by atoms with E-state index >= 15 is 0 Å². The summed E-state index contributed by atoms with van der Waals surface area (Å²) in [5, 5.41) is 0.687. The summed E-state index contributed by atoms with van der Waals surface area (Å²) in [5.74, 6) is 0.166. The maximum absolute atomic E-state index is 11.5. The maximum Gasteiger partial charge on any atom is 0.231 e. The Kier molecular flexibility index (Phi) is 2.00. The zero-order valence-corrected chi connectivity index (χ0v) is 8.14. The molecule has 13 heavy (non-hydrogen) atoms. The minimum absolute atomic E-state index is 0.166. The largest absolute Gasteiger partial charge is 0.312 e. The topological polar surface area (TPSA) is 20.3 Å². The quantitative estimate of drug-likeness (QED) is 0.673. The highest BCUT2D eigenvalue weighted by molar-refractivity contribution is 6.31. The number of amides is 1.